The van der Waals surface area contributed by atoms with Crippen LogP contribution in [0.25, 0.3) is 0 Å². The molecule has 0 amide bonds. The second-order valence-corrected chi connectivity index (χ2v) is 5.08. The van der Waals surface area contributed by atoms with E-state index in [-0.39, 0.29) is 5.75 Å². The summed E-state index contributed by atoms with van der Waals surface area (Å²) in [6, 6.07) is 4.27. The van der Waals surface area contributed by atoms with Gasteiger partial charge in [0, 0.05) is 0 Å². The Balaban J connectivity index is 2.11. The first-order valence-corrected chi connectivity index (χ1v) is 6.40. The Labute approximate surface area is 105 Å². The van der Waals surface area contributed by atoms with E-state index < -0.39 is 12.4 Å². The average Bonchev–Trinajstić information content (AvgIpc) is 2.79. The van der Waals surface area contributed by atoms with Crippen LogP contribution < -0.4 is 10.2 Å². The minimum atomic E-state index is -5.01. The fourth-order valence-corrected chi connectivity index (χ4v) is 2.44. The molecular weight excluding hydrogens is 240 g/mol. The highest BCUT2D eigenvalue weighted by molar-refractivity contribution is 6.74. The van der Waals surface area contributed by atoms with E-state index in [4.69, 9.17) is 4.74 Å². The maximum Gasteiger partial charge on any atom is 0.513 e. The van der Waals surface area contributed by atoms with Gasteiger partial charge < -0.3 is 17.7 Å². The van der Waals surface area contributed by atoms with Crippen LogP contribution in [0.5, 0.6) is 5.75 Å². The first-order valence-electron chi connectivity index (χ1n) is 6.40. The lowest BCUT2D eigenvalue weighted by atomic mass is 9.78. The fraction of sp³-hybridized carbons (Fsp3) is 0.538. The minimum absolute atomic E-state index is 0.0139. The molecule has 0 unspecified atom stereocenters. The first kappa shape index (κ1) is 13.3. The highest BCUT2D eigenvalue weighted by atomic mass is 19.4. The SMILES string of the molecule is Cc1ccc(OCC2CCCC2)c([B-](F)(F)F)c1. The smallest absolute Gasteiger partial charge is 0.496 e. The van der Waals surface area contributed by atoms with E-state index in [9.17, 15) is 12.9 Å². The number of hydrogen-bond donors (Lipinski definition) is 0. The van der Waals surface area contributed by atoms with Gasteiger partial charge >= 0.3 is 6.98 Å². The van der Waals surface area contributed by atoms with E-state index >= 15 is 0 Å². The predicted octanol–water partition coefficient (Wildman–Crippen LogP) is 3.62. The maximum absolute atomic E-state index is 12.9. The van der Waals surface area contributed by atoms with Gasteiger partial charge in [0.1, 0.15) is 0 Å². The van der Waals surface area contributed by atoms with Gasteiger partial charge in [-0.3, -0.25) is 0 Å². The van der Waals surface area contributed by atoms with Crippen molar-refractivity contribution in [1.29, 1.82) is 0 Å². The van der Waals surface area contributed by atoms with Crippen molar-refractivity contribution in [3.63, 3.8) is 0 Å². The lowest BCUT2D eigenvalue weighted by Crippen LogP contribution is -2.36. The van der Waals surface area contributed by atoms with Crippen molar-refractivity contribution in [3.8, 4) is 5.75 Å². The van der Waals surface area contributed by atoms with E-state index in [2.05, 4.69) is 0 Å². The molecule has 0 N–H and O–H groups in total. The van der Waals surface area contributed by atoms with Crippen LogP contribution in [-0.4, -0.2) is 13.6 Å². The molecule has 1 aliphatic rings. The zero-order valence-electron chi connectivity index (χ0n) is 10.5. The molecule has 1 aromatic carbocycles. The third kappa shape index (κ3) is 3.21. The zero-order valence-corrected chi connectivity index (χ0v) is 10.5. The molecule has 0 atom stereocenters. The summed E-state index contributed by atoms with van der Waals surface area (Å²) in [5, 5.41) is 0. The predicted molar refractivity (Wildman–Crippen MR) is 67.3 cm³/mol. The van der Waals surface area contributed by atoms with Gasteiger partial charge in [0.15, 0.2) is 0 Å². The summed E-state index contributed by atoms with van der Waals surface area (Å²) in [5.41, 5.74) is 0.00501. The Kier molecular flexibility index (Phi) is 3.88. The Morgan fingerprint density at radius 2 is 1.89 bits per heavy atom. The summed E-state index contributed by atoms with van der Waals surface area (Å²) in [6.07, 6.45) is 4.46. The van der Waals surface area contributed by atoms with Crippen molar-refractivity contribution >= 4 is 12.4 Å². The molecule has 2 rings (SSSR count). The molecule has 0 bridgehead atoms. The van der Waals surface area contributed by atoms with E-state index in [0.29, 0.717) is 18.1 Å². The van der Waals surface area contributed by atoms with Gasteiger partial charge in [-0.15, -0.1) is 0 Å². The Hall–Kier alpha value is -1.13. The quantitative estimate of drug-likeness (QED) is 0.748. The molecule has 0 radical (unpaired) electrons. The number of benzene rings is 1. The van der Waals surface area contributed by atoms with Crippen LogP contribution in [0.4, 0.5) is 12.9 Å². The molecule has 0 aliphatic heterocycles. The van der Waals surface area contributed by atoms with Gasteiger partial charge in [0.25, 0.3) is 0 Å². The number of aryl methyl sites for hydroxylation is 1. The molecule has 0 aromatic heterocycles. The van der Waals surface area contributed by atoms with Crippen molar-refractivity contribution < 1.29 is 17.7 Å². The minimum Gasteiger partial charge on any atom is -0.496 e. The summed E-state index contributed by atoms with van der Waals surface area (Å²) in [6.45, 7) is -2.94. The van der Waals surface area contributed by atoms with Crippen LogP contribution in [0.1, 0.15) is 31.2 Å². The van der Waals surface area contributed by atoms with Gasteiger partial charge in [0.2, 0.25) is 0 Å². The topological polar surface area (TPSA) is 9.23 Å². The van der Waals surface area contributed by atoms with Gasteiger partial charge in [-0.05, 0) is 31.7 Å². The molecule has 1 aliphatic carbocycles. The summed E-state index contributed by atoms with van der Waals surface area (Å²) >= 11 is 0. The monoisotopic (exact) mass is 257 g/mol. The molecule has 1 nitrogen and oxygen atoms in total. The van der Waals surface area contributed by atoms with Gasteiger partial charge in [-0.1, -0.05) is 36.0 Å². The van der Waals surface area contributed by atoms with Gasteiger partial charge in [-0.25, -0.2) is 0 Å². The largest absolute Gasteiger partial charge is 0.513 e. The fourth-order valence-electron chi connectivity index (χ4n) is 2.44. The Bertz CT molecular complexity index is 411. The van der Waals surface area contributed by atoms with Crippen LogP contribution in [0, 0.1) is 12.8 Å². The maximum atomic E-state index is 12.9. The molecule has 0 spiro atoms. The summed E-state index contributed by atoms with van der Waals surface area (Å²) in [7, 11) is 0. The summed E-state index contributed by atoms with van der Waals surface area (Å²) in [4.78, 5) is 0. The molecule has 1 aromatic rings. The third-order valence-corrected chi connectivity index (χ3v) is 3.47. The van der Waals surface area contributed by atoms with Gasteiger partial charge in [-0.2, -0.15) is 0 Å². The number of rotatable bonds is 4. The Morgan fingerprint density at radius 1 is 1.22 bits per heavy atom. The van der Waals surface area contributed by atoms with Gasteiger partial charge in [0.05, 0.1) is 12.4 Å². The molecule has 0 heterocycles. The van der Waals surface area contributed by atoms with Crippen LogP contribution in [0.15, 0.2) is 18.2 Å². The zero-order chi connectivity index (χ0) is 13.2. The normalized spacial score (nSPS) is 17.1. The third-order valence-electron chi connectivity index (χ3n) is 3.47. The molecule has 100 valence electrons. The van der Waals surface area contributed by atoms with Crippen molar-refractivity contribution in [1.82, 2.24) is 0 Å². The summed E-state index contributed by atoms with van der Waals surface area (Å²) < 4.78 is 44.1. The number of hydrogen-bond acceptors (Lipinski definition) is 1. The molecule has 1 saturated carbocycles. The van der Waals surface area contributed by atoms with Crippen LogP contribution >= 0.6 is 0 Å². The molecular formula is C13H17BF3O-. The number of ether oxygens (including phenoxy) is 1. The second kappa shape index (κ2) is 5.25. The van der Waals surface area contributed by atoms with Crippen molar-refractivity contribution in [3.05, 3.63) is 23.8 Å². The van der Waals surface area contributed by atoms with Crippen molar-refractivity contribution in [2.45, 2.75) is 32.6 Å². The molecule has 0 saturated heterocycles. The Morgan fingerprint density at radius 3 is 2.50 bits per heavy atom. The standard InChI is InChI=1S/C13H17BF3O/c1-10-6-7-13(12(8-10)14(15,16)17)18-9-11-4-2-3-5-11/h6-8,11H,2-5,9H2,1H3/q-1. The first-order chi connectivity index (χ1) is 8.47. The van der Waals surface area contributed by atoms with E-state index in [1.807, 2.05) is 0 Å². The van der Waals surface area contributed by atoms with Crippen molar-refractivity contribution in [2.24, 2.45) is 5.92 Å². The van der Waals surface area contributed by atoms with Crippen LogP contribution in [0.2, 0.25) is 0 Å². The van der Waals surface area contributed by atoms with E-state index in [0.717, 1.165) is 25.7 Å². The van der Waals surface area contributed by atoms with Crippen LogP contribution in [0.3, 0.4) is 0 Å². The highest BCUT2D eigenvalue weighted by Gasteiger charge is 2.29. The molecule has 1 fully saturated rings. The van der Waals surface area contributed by atoms with Crippen molar-refractivity contribution in [2.75, 3.05) is 6.61 Å². The molecule has 5 heteroatoms. The molecule has 18 heavy (non-hydrogen) atoms. The lowest BCUT2D eigenvalue weighted by Gasteiger charge is -2.21. The highest BCUT2D eigenvalue weighted by Crippen LogP contribution is 2.26. The number of halogens is 3. The van der Waals surface area contributed by atoms with E-state index in [1.165, 1.54) is 12.1 Å². The summed E-state index contributed by atoms with van der Waals surface area (Å²) in [5.74, 6) is 0.403. The second-order valence-electron chi connectivity index (χ2n) is 5.08. The van der Waals surface area contributed by atoms with Crippen LogP contribution in [-0.2, 0) is 0 Å². The van der Waals surface area contributed by atoms with E-state index in [1.54, 1.807) is 13.0 Å². The average molecular weight is 257 g/mol. The lowest BCUT2D eigenvalue weighted by molar-refractivity contribution is 0.253.